The summed E-state index contributed by atoms with van der Waals surface area (Å²) in [6, 6.07) is 16.4. The molecule has 0 saturated carbocycles. The molecule has 0 unspecified atom stereocenters. The van der Waals surface area contributed by atoms with Crippen LogP contribution in [-0.2, 0) is 4.79 Å². The highest BCUT2D eigenvalue weighted by Crippen LogP contribution is 2.37. The number of rotatable bonds is 8. The van der Waals surface area contributed by atoms with Crippen LogP contribution < -0.4 is 5.48 Å². The van der Waals surface area contributed by atoms with Crippen LogP contribution in [0.2, 0.25) is 0 Å². The number of allylic oxidation sites excluding steroid dienone is 1. The molecule has 0 heterocycles. The van der Waals surface area contributed by atoms with Crippen molar-refractivity contribution in [2.75, 3.05) is 6.67 Å². The van der Waals surface area contributed by atoms with Crippen LogP contribution >= 0.6 is 0 Å². The number of halogens is 1. The normalized spacial score (nSPS) is 15.8. The van der Waals surface area contributed by atoms with E-state index in [0.29, 0.717) is 6.42 Å². The van der Waals surface area contributed by atoms with Crippen molar-refractivity contribution in [3.8, 4) is 11.1 Å². The fraction of sp³-hybridized carbons (Fsp3) is 0.348. The third kappa shape index (κ3) is 4.86. The molecule has 3 N–H and O–H groups in total. The molecule has 0 aromatic heterocycles. The molecule has 0 saturated heterocycles. The Labute approximate surface area is 165 Å². The van der Waals surface area contributed by atoms with Crippen molar-refractivity contribution < 1.29 is 19.5 Å². The molecule has 28 heavy (non-hydrogen) atoms. The Morgan fingerprint density at radius 1 is 1.14 bits per heavy atom. The third-order valence-corrected chi connectivity index (χ3v) is 5.44. The standard InChI is InChI=1S/C23H28FNO3/c1-17-7-6-9-20(15-17)19-12-10-18(11-13-19)8-4-5-14-22(2,21(26)25-28)23(3,27)16-24/h4,6-13,15,27-28H,5,14,16H2,1-3H3,(H,25,26)/b8-4+/t22-,23-/m1/s1. The van der Waals surface area contributed by atoms with Crippen LogP contribution in [0.15, 0.2) is 54.6 Å². The van der Waals surface area contributed by atoms with Crippen LogP contribution in [0.1, 0.15) is 37.8 Å². The number of hydroxylamine groups is 1. The Morgan fingerprint density at radius 3 is 2.39 bits per heavy atom. The van der Waals surface area contributed by atoms with Gasteiger partial charge in [-0.3, -0.25) is 10.0 Å². The number of aliphatic hydroxyl groups is 1. The lowest BCUT2D eigenvalue weighted by Crippen LogP contribution is -2.54. The van der Waals surface area contributed by atoms with E-state index >= 15 is 0 Å². The summed E-state index contributed by atoms with van der Waals surface area (Å²) in [6.45, 7) is 3.69. The molecule has 0 aliphatic carbocycles. The number of amides is 1. The Bertz CT molecular complexity index is 830. The number of carbonyl (C=O) groups excluding carboxylic acids is 1. The molecule has 0 fully saturated rings. The van der Waals surface area contributed by atoms with Crippen LogP contribution in [0.5, 0.6) is 0 Å². The number of hydrogen-bond acceptors (Lipinski definition) is 3. The minimum atomic E-state index is -1.87. The summed E-state index contributed by atoms with van der Waals surface area (Å²) in [6.07, 6.45) is 4.42. The second kappa shape index (κ2) is 9.13. The van der Waals surface area contributed by atoms with E-state index in [2.05, 4.69) is 25.1 Å². The van der Waals surface area contributed by atoms with E-state index in [1.54, 1.807) is 5.48 Å². The molecule has 0 radical (unpaired) electrons. The summed E-state index contributed by atoms with van der Waals surface area (Å²) in [5.41, 5.74) is 2.72. The molecule has 0 aliphatic heterocycles. The highest BCUT2D eigenvalue weighted by molar-refractivity contribution is 5.82. The van der Waals surface area contributed by atoms with Crippen molar-refractivity contribution in [3.63, 3.8) is 0 Å². The Hall–Kier alpha value is -2.50. The Morgan fingerprint density at radius 2 is 1.82 bits per heavy atom. The van der Waals surface area contributed by atoms with Gasteiger partial charge in [0.25, 0.3) is 5.91 Å². The van der Waals surface area contributed by atoms with Gasteiger partial charge in [0.05, 0.1) is 5.41 Å². The molecule has 2 atom stereocenters. The first-order valence-electron chi connectivity index (χ1n) is 9.30. The van der Waals surface area contributed by atoms with Gasteiger partial charge >= 0.3 is 0 Å². The van der Waals surface area contributed by atoms with Gasteiger partial charge in [0, 0.05) is 0 Å². The van der Waals surface area contributed by atoms with Crippen LogP contribution in [0, 0.1) is 12.3 Å². The van der Waals surface area contributed by atoms with Gasteiger partial charge in [-0.2, -0.15) is 0 Å². The summed E-state index contributed by atoms with van der Waals surface area (Å²) in [7, 11) is 0. The molecule has 0 spiro atoms. The zero-order valence-corrected chi connectivity index (χ0v) is 16.6. The van der Waals surface area contributed by atoms with Crippen molar-refractivity contribution in [2.24, 2.45) is 5.41 Å². The maximum absolute atomic E-state index is 13.2. The SMILES string of the molecule is Cc1cccc(-c2ccc(/C=C/CC[C@](C)(C(=O)NO)[C@](C)(O)CF)cc2)c1. The average molecular weight is 385 g/mol. The predicted molar refractivity (Wildman–Crippen MR) is 110 cm³/mol. The van der Waals surface area contributed by atoms with Gasteiger partial charge in [-0.25, -0.2) is 9.87 Å². The van der Waals surface area contributed by atoms with Crippen LogP contribution in [0.3, 0.4) is 0 Å². The van der Waals surface area contributed by atoms with Gasteiger partial charge in [0.15, 0.2) is 0 Å². The molecule has 2 aromatic rings. The largest absolute Gasteiger partial charge is 0.386 e. The Kier molecular flexibility index (Phi) is 7.11. The molecular formula is C23H28FNO3. The first-order valence-corrected chi connectivity index (χ1v) is 9.30. The molecule has 0 aliphatic rings. The molecular weight excluding hydrogens is 357 g/mol. The maximum atomic E-state index is 13.2. The maximum Gasteiger partial charge on any atom is 0.252 e. The molecule has 4 nitrogen and oxygen atoms in total. The fourth-order valence-corrected chi connectivity index (χ4v) is 3.10. The van der Waals surface area contributed by atoms with Gasteiger partial charge in [-0.05, 0) is 50.3 Å². The third-order valence-electron chi connectivity index (χ3n) is 5.44. The van der Waals surface area contributed by atoms with E-state index < -0.39 is 23.6 Å². The average Bonchev–Trinajstić information content (AvgIpc) is 2.70. The highest BCUT2D eigenvalue weighted by atomic mass is 19.1. The lowest BCUT2D eigenvalue weighted by molar-refractivity contribution is -0.158. The van der Waals surface area contributed by atoms with Gasteiger partial charge in [0.1, 0.15) is 12.3 Å². The van der Waals surface area contributed by atoms with Gasteiger partial charge < -0.3 is 5.11 Å². The summed E-state index contributed by atoms with van der Waals surface area (Å²) in [4.78, 5) is 12.0. The second-order valence-electron chi connectivity index (χ2n) is 7.61. The van der Waals surface area contributed by atoms with E-state index in [0.717, 1.165) is 16.7 Å². The minimum Gasteiger partial charge on any atom is -0.386 e. The van der Waals surface area contributed by atoms with Crippen molar-refractivity contribution in [3.05, 3.63) is 65.7 Å². The number of aryl methyl sites for hydroxylation is 1. The van der Waals surface area contributed by atoms with E-state index in [1.807, 2.05) is 42.5 Å². The van der Waals surface area contributed by atoms with E-state index in [9.17, 15) is 14.3 Å². The van der Waals surface area contributed by atoms with Crippen molar-refractivity contribution in [1.82, 2.24) is 5.48 Å². The fourth-order valence-electron chi connectivity index (χ4n) is 3.10. The zero-order valence-electron chi connectivity index (χ0n) is 16.6. The first-order chi connectivity index (χ1) is 13.2. The molecule has 5 heteroatoms. The van der Waals surface area contributed by atoms with Gasteiger partial charge in [0.2, 0.25) is 0 Å². The smallest absolute Gasteiger partial charge is 0.252 e. The van der Waals surface area contributed by atoms with Crippen LogP contribution in [0.25, 0.3) is 17.2 Å². The number of carbonyl (C=O) groups is 1. The molecule has 150 valence electrons. The van der Waals surface area contributed by atoms with Crippen molar-refractivity contribution in [1.29, 1.82) is 0 Å². The van der Waals surface area contributed by atoms with E-state index in [1.165, 1.54) is 19.4 Å². The van der Waals surface area contributed by atoms with Gasteiger partial charge in [-0.1, -0.05) is 66.2 Å². The lowest BCUT2D eigenvalue weighted by atomic mass is 9.71. The van der Waals surface area contributed by atoms with E-state index in [4.69, 9.17) is 5.21 Å². The quantitative estimate of drug-likeness (QED) is 0.456. The number of alkyl halides is 1. The topological polar surface area (TPSA) is 69.6 Å². The highest BCUT2D eigenvalue weighted by Gasteiger charge is 2.48. The number of hydrogen-bond donors (Lipinski definition) is 3. The van der Waals surface area contributed by atoms with Gasteiger partial charge in [-0.15, -0.1) is 0 Å². The van der Waals surface area contributed by atoms with Crippen molar-refractivity contribution >= 4 is 12.0 Å². The van der Waals surface area contributed by atoms with Crippen molar-refractivity contribution in [2.45, 2.75) is 39.2 Å². The summed E-state index contributed by atoms with van der Waals surface area (Å²) in [5.74, 6) is -0.800. The second-order valence-corrected chi connectivity index (χ2v) is 7.61. The molecule has 2 rings (SSSR count). The number of benzene rings is 2. The minimum absolute atomic E-state index is 0.189. The summed E-state index contributed by atoms with van der Waals surface area (Å²) in [5, 5.41) is 19.2. The molecule has 1 amide bonds. The van der Waals surface area contributed by atoms with Crippen LogP contribution in [0.4, 0.5) is 4.39 Å². The number of nitrogens with one attached hydrogen (secondary N) is 1. The Balaban J connectivity index is 2.05. The zero-order chi connectivity index (χ0) is 20.8. The first kappa shape index (κ1) is 21.8. The summed E-state index contributed by atoms with van der Waals surface area (Å²) >= 11 is 0. The van der Waals surface area contributed by atoms with E-state index in [-0.39, 0.29) is 6.42 Å². The molecule has 2 aromatic carbocycles. The molecule has 0 bridgehead atoms. The lowest BCUT2D eigenvalue weighted by Gasteiger charge is -2.38. The monoisotopic (exact) mass is 385 g/mol. The summed E-state index contributed by atoms with van der Waals surface area (Å²) < 4.78 is 13.2. The van der Waals surface area contributed by atoms with Crippen LogP contribution in [-0.4, -0.2) is 28.5 Å². The predicted octanol–water partition coefficient (Wildman–Crippen LogP) is 4.69.